The lowest BCUT2D eigenvalue weighted by molar-refractivity contribution is 0.195. The van der Waals surface area contributed by atoms with Crippen LogP contribution in [0.5, 0.6) is 0 Å². The second-order valence-electron chi connectivity index (χ2n) is 7.24. The molecule has 0 amide bonds. The molecule has 1 aromatic rings. The third-order valence-corrected chi connectivity index (χ3v) is 5.06. The molecule has 1 nitrogen and oxygen atoms in total. The van der Waals surface area contributed by atoms with Gasteiger partial charge < -0.3 is 5.32 Å². The minimum absolute atomic E-state index is 0.496. The van der Waals surface area contributed by atoms with Gasteiger partial charge in [0.05, 0.1) is 0 Å². The maximum absolute atomic E-state index is 3.83. The van der Waals surface area contributed by atoms with Crippen molar-refractivity contribution >= 4 is 0 Å². The monoisotopic (exact) mass is 273 g/mol. The van der Waals surface area contributed by atoms with Crippen LogP contribution in [0.3, 0.4) is 0 Å². The molecule has 0 aromatic heterocycles. The molecule has 1 aromatic carbocycles. The van der Waals surface area contributed by atoms with Gasteiger partial charge in [0.2, 0.25) is 0 Å². The normalized spacial score (nSPS) is 22.9. The third kappa shape index (κ3) is 3.85. The Morgan fingerprint density at radius 1 is 1.25 bits per heavy atom. The molecule has 2 rings (SSSR count). The fraction of sp³-hybridized carbons (Fsp3) is 0.684. The van der Waals surface area contributed by atoms with Crippen molar-refractivity contribution in [3.8, 4) is 0 Å². The first-order valence-electron chi connectivity index (χ1n) is 8.32. The quantitative estimate of drug-likeness (QED) is 0.790. The Bertz CT molecular complexity index is 404. The van der Waals surface area contributed by atoms with Crippen LogP contribution < -0.4 is 5.32 Å². The highest BCUT2D eigenvalue weighted by Gasteiger charge is 2.39. The Hall–Kier alpha value is -0.820. The molecule has 0 heterocycles. The van der Waals surface area contributed by atoms with Gasteiger partial charge >= 0.3 is 0 Å². The van der Waals surface area contributed by atoms with Crippen molar-refractivity contribution in [1.29, 1.82) is 0 Å². The van der Waals surface area contributed by atoms with Gasteiger partial charge in [0, 0.05) is 6.04 Å². The zero-order valence-electron chi connectivity index (χ0n) is 13.7. The molecular formula is C19H31N. The summed E-state index contributed by atoms with van der Waals surface area (Å²) >= 11 is 0. The highest BCUT2D eigenvalue weighted by Crippen LogP contribution is 2.44. The van der Waals surface area contributed by atoms with Crippen LogP contribution in [0, 0.1) is 18.3 Å². The molecule has 2 unspecified atom stereocenters. The van der Waals surface area contributed by atoms with E-state index >= 15 is 0 Å². The first-order chi connectivity index (χ1) is 9.53. The molecule has 1 N–H and O–H groups in total. The van der Waals surface area contributed by atoms with Crippen LogP contribution in [0.25, 0.3) is 0 Å². The largest absolute Gasteiger partial charge is 0.313 e. The van der Waals surface area contributed by atoms with E-state index < -0.39 is 0 Å². The zero-order valence-corrected chi connectivity index (χ0v) is 13.7. The van der Waals surface area contributed by atoms with E-state index in [1.807, 2.05) is 0 Å². The maximum Gasteiger partial charge on any atom is 0.0141 e. The molecule has 0 saturated heterocycles. The standard InChI is InChI=1S/C19H31N/c1-5-13-20-18(17-7-6-12-19(17,3)4)14-16-10-8-15(2)9-11-16/h8-11,17-18,20H,5-7,12-14H2,1-4H3. The molecule has 1 saturated carbocycles. The van der Waals surface area contributed by atoms with E-state index in [1.165, 1.54) is 43.2 Å². The molecule has 1 aliphatic carbocycles. The summed E-state index contributed by atoms with van der Waals surface area (Å²) in [5, 5.41) is 3.83. The van der Waals surface area contributed by atoms with Crippen LogP contribution in [0.1, 0.15) is 57.6 Å². The van der Waals surface area contributed by atoms with Crippen molar-refractivity contribution in [1.82, 2.24) is 5.32 Å². The number of benzene rings is 1. The number of hydrogen-bond donors (Lipinski definition) is 1. The van der Waals surface area contributed by atoms with E-state index in [-0.39, 0.29) is 0 Å². The number of nitrogens with one attached hydrogen (secondary N) is 1. The lowest BCUT2D eigenvalue weighted by atomic mass is 9.76. The molecule has 0 bridgehead atoms. The lowest BCUT2D eigenvalue weighted by Gasteiger charge is -2.35. The van der Waals surface area contributed by atoms with Crippen molar-refractivity contribution < 1.29 is 0 Å². The number of hydrogen-bond acceptors (Lipinski definition) is 1. The van der Waals surface area contributed by atoms with Crippen LogP contribution in [-0.2, 0) is 6.42 Å². The lowest BCUT2D eigenvalue weighted by Crippen LogP contribution is -2.42. The summed E-state index contributed by atoms with van der Waals surface area (Å²) in [7, 11) is 0. The fourth-order valence-electron chi connectivity index (χ4n) is 3.76. The topological polar surface area (TPSA) is 12.0 Å². The van der Waals surface area contributed by atoms with Gasteiger partial charge in [-0.1, -0.05) is 57.0 Å². The first-order valence-corrected chi connectivity index (χ1v) is 8.32. The maximum atomic E-state index is 3.83. The van der Waals surface area contributed by atoms with Crippen LogP contribution in [0.4, 0.5) is 0 Å². The van der Waals surface area contributed by atoms with Gasteiger partial charge in [-0.3, -0.25) is 0 Å². The molecule has 0 spiro atoms. The summed E-state index contributed by atoms with van der Waals surface area (Å²) in [6.07, 6.45) is 6.57. The molecule has 2 atom stereocenters. The number of rotatable bonds is 6. The highest BCUT2D eigenvalue weighted by atomic mass is 14.9. The van der Waals surface area contributed by atoms with Crippen molar-refractivity contribution in [3.05, 3.63) is 35.4 Å². The summed E-state index contributed by atoms with van der Waals surface area (Å²) < 4.78 is 0. The summed E-state index contributed by atoms with van der Waals surface area (Å²) in [5.41, 5.74) is 3.33. The summed E-state index contributed by atoms with van der Waals surface area (Å²) in [5.74, 6) is 0.815. The smallest absolute Gasteiger partial charge is 0.0141 e. The van der Waals surface area contributed by atoms with Gasteiger partial charge in [0.15, 0.2) is 0 Å². The average Bonchev–Trinajstić information content (AvgIpc) is 2.76. The van der Waals surface area contributed by atoms with Crippen molar-refractivity contribution in [3.63, 3.8) is 0 Å². The van der Waals surface area contributed by atoms with E-state index in [0.29, 0.717) is 11.5 Å². The Kier molecular flexibility index (Phi) is 5.26. The Balaban J connectivity index is 2.08. The van der Waals surface area contributed by atoms with Gasteiger partial charge in [-0.15, -0.1) is 0 Å². The summed E-state index contributed by atoms with van der Waals surface area (Å²) in [6, 6.07) is 9.73. The minimum Gasteiger partial charge on any atom is -0.313 e. The predicted octanol–water partition coefficient (Wildman–Crippen LogP) is 4.73. The molecule has 20 heavy (non-hydrogen) atoms. The van der Waals surface area contributed by atoms with Gasteiger partial charge in [0.1, 0.15) is 0 Å². The van der Waals surface area contributed by atoms with E-state index in [2.05, 4.69) is 57.3 Å². The molecule has 0 radical (unpaired) electrons. The predicted molar refractivity (Wildman–Crippen MR) is 88.1 cm³/mol. The molecule has 1 aliphatic rings. The third-order valence-electron chi connectivity index (χ3n) is 5.06. The Morgan fingerprint density at radius 3 is 2.50 bits per heavy atom. The van der Waals surface area contributed by atoms with E-state index in [4.69, 9.17) is 0 Å². The van der Waals surface area contributed by atoms with E-state index in [9.17, 15) is 0 Å². The second kappa shape index (κ2) is 6.76. The van der Waals surface area contributed by atoms with Crippen LogP contribution >= 0.6 is 0 Å². The second-order valence-corrected chi connectivity index (χ2v) is 7.24. The highest BCUT2D eigenvalue weighted by molar-refractivity contribution is 5.22. The van der Waals surface area contributed by atoms with Gasteiger partial charge in [-0.25, -0.2) is 0 Å². The first kappa shape index (κ1) is 15.6. The van der Waals surface area contributed by atoms with E-state index in [1.54, 1.807) is 0 Å². The molecular weight excluding hydrogens is 242 g/mol. The van der Waals surface area contributed by atoms with Gasteiger partial charge in [0.25, 0.3) is 0 Å². The number of aryl methyl sites for hydroxylation is 1. The summed E-state index contributed by atoms with van der Waals surface area (Å²) in [6.45, 7) is 10.5. The molecule has 1 heteroatoms. The van der Waals surface area contributed by atoms with Crippen molar-refractivity contribution in [2.45, 2.75) is 65.8 Å². The fourth-order valence-corrected chi connectivity index (χ4v) is 3.76. The van der Waals surface area contributed by atoms with Crippen LogP contribution in [-0.4, -0.2) is 12.6 Å². The minimum atomic E-state index is 0.496. The van der Waals surface area contributed by atoms with E-state index in [0.717, 1.165) is 12.5 Å². The molecule has 112 valence electrons. The zero-order chi connectivity index (χ0) is 14.6. The molecule has 1 fully saturated rings. The molecule has 0 aliphatic heterocycles. The van der Waals surface area contributed by atoms with Gasteiger partial charge in [-0.2, -0.15) is 0 Å². The summed E-state index contributed by atoms with van der Waals surface area (Å²) in [4.78, 5) is 0. The van der Waals surface area contributed by atoms with Crippen molar-refractivity contribution in [2.75, 3.05) is 6.54 Å². The van der Waals surface area contributed by atoms with Crippen LogP contribution in [0.15, 0.2) is 24.3 Å². The van der Waals surface area contributed by atoms with Gasteiger partial charge in [-0.05, 0) is 56.0 Å². The SMILES string of the molecule is CCCNC(Cc1ccc(C)cc1)C1CCCC1(C)C. The Labute approximate surface area is 125 Å². The van der Waals surface area contributed by atoms with Crippen molar-refractivity contribution in [2.24, 2.45) is 11.3 Å². The average molecular weight is 273 g/mol. The van der Waals surface area contributed by atoms with Crippen LogP contribution in [0.2, 0.25) is 0 Å². The Morgan fingerprint density at radius 2 is 1.95 bits per heavy atom.